The van der Waals surface area contributed by atoms with Crippen molar-refractivity contribution in [2.24, 2.45) is 29.6 Å². The molecule has 104 valence electrons. The van der Waals surface area contributed by atoms with Crippen LogP contribution in [-0.2, 0) is 4.79 Å². The van der Waals surface area contributed by atoms with Gasteiger partial charge in [0, 0.05) is 23.7 Å². The number of benzene rings is 1. The highest BCUT2D eigenvalue weighted by Gasteiger charge is 2.67. The van der Waals surface area contributed by atoms with Crippen LogP contribution in [0.1, 0.15) is 19.3 Å². The summed E-state index contributed by atoms with van der Waals surface area (Å²) in [5.41, 5.74) is 0.542. The molecule has 0 spiro atoms. The van der Waals surface area contributed by atoms with Crippen LogP contribution in [0.5, 0.6) is 0 Å². The summed E-state index contributed by atoms with van der Waals surface area (Å²) in [5.74, 6) is 2.90. The van der Waals surface area contributed by atoms with Crippen LogP contribution in [0.25, 0.3) is 0 Å². The van der Waals surface area contributed by atoms with Gasteiger partial charge < -0.3 is 5.32 Å². The number of carbonyl (C=O) groups excluding carboxylic acids is 1. The number of carbonyl (C=O) groups is 1. The van der Waals surface area contributed by atoms with E-state index in [4.69, 9.17) is 0 Å². The predicted molar refractivity (Wildman–Crippen MR) is 73.0 cm³/mol. The molecule has 5 heteroatoms. The molecule has 0 heterocycles. The van der Waals surface area contributed by atoms with Gasteiger partial charge in [-0.15, -0.1) is 0 Å². The van der Waals surface area contributed by atoms with E-state index >= 15 is 0 Å². The first-order valence-electron chi connectivity index (χ1n) is 7.20. The Bertz CT molecular complexity index is 585. The second-order valence-corrected chi connectivity index (χ2v) is 6.31. The molecule has 0 radical (unpaired) electrons. The van der Waals surface area contributed by atoms with Crippen molar-refractivity contribution in [3.05, 3.63) is 34.4 Å². The Balaban J connectivity index is 1.46. The number of nitro groups is 1. The third-order valence-corrected chi connectivity index (χ3v) is 5.36. The van der Waals surface area contributed by atoms with Gasteiger partial charge in [-0.3, -0.25) is 14.9 Å². The Hall–Kier alpha value is -1.91. The summed E-state index contributed by atoms with van der Waals surface area (Å²) in [4.78, 5) is 22.6. The van der Waals surface area contributed by atoms with Crippen molar-refractivity contribution in [3.63, 3.8) is 0 Å². The minimum absolute atomic E-state index is 0.0128. The summed E-state index contributed by atoms with van der Waals surface area (Å²) < 4.78 is 0. The molecule has 1 amide bonds. The number of anilines is 1. The van der Waals surface area contributed by atoms with Gasteiger partial charge in [0.2, 0.25) is 5.91 Å². The molecule has 3 aliphatic rings. The highest BCUT2D eigenvalue weighted by Crippen LogP contribution is 2.69. The van der Waals surface area contributed by atoms with E-state index < -0.39 is 4.92 Å². The number of hydrogen-bond acceptors (Lipinski definition) is 3. The molecule has 20 heavy (non-hydrogen) atoms. The normalized spacial score (nSPS) is 36.5. The number of nitro benzene ring substituents is 1. The van der Waals surface area contributed by atoms with Crippen LogP contribution in [0, 0.1) is 39.7 Å². The van der Waals surface area contributed by atoms with Crippen molar-refractivity contribution in [3.8, 4) is 0 Å². The molecule has 1 aromatic carbocycles. The largest absolute Gasteiger partial charge is 0.326 e. The van der Waals surface area contributed by atoms with Crippen LogP contribution in [0.4, 0.5) is 11.4 Å². The zero-order chi connectivity index (χ0) is 13.9. The summed E-state index contributed by atoms with van der Waals surface area (Å²) in [6.45, 7) is 0. The number of nitrogens with zero attached hydrogens (tertiary/aromatic N) is 1. The number of non-ortho nitro benzene ring substituents is 1. The van der Waals surface area contributed by atoms with Crippen LogP contribution in [-0.4, -0.2) is 10.8 Å². The fourth-order valence-corrected chi connectivity index (χ4v) is 4.60. The van der Waals surface area contributed by atoms with E-state index in [9.17, 15) is 14.9 Å². The van der Waals surface area contributed by atoms with Gasteiger partial charge in [-0.2, -0.15) is 0 Å². The van der Waals surface area contributed by atoms with Crippen molar-refractivity contribution in [1.82, 2.24) is 0 Å². The fourth-order valence-electron chi connectivity index (χ4n) is 4.60. The van der Waals surface area contributed by atoms with E-state index in [1.165, 1.54) is 31.4 Å². The first-order chi connectivity index (χ1) is 9.65. The van der Waals surface area contributed by atoms with Gasteiger partial charge in [-0.25, -0.2) is 0 Å². The third kappa shape index (κ3) is 1.65. The number of rotatable bonds is 3. The maximum absolute atomic E-state index is 12.3. The van der Waals surface area contributed by atoms with E-state index in [0.717, 1.165) is 11.8 Å². The van der Waals surface area contributed by atoms with Crippen molar-refractivity contribution in [2.75, 3.05) is 5.32 Å². The Morgan fingerprint density at radius 3 is 2.60 bits per heavy atom. The van der Waals surface area contributed by atoms with Gasteiger partial charge in [-0.05, 0) is 49.0 Å². The average molecular weight is 272 g/mol. The molecule has 3 fully saturated rings. The highest BCUT2D eigenvalue weighted by atomic mass is 16.6. The Kier molecular flexibility index (Phi) is 2.40. The molecule has 2 bridgehead atoms. The zero-order valence-corrected chi connectivity index (χ0v) is 11.0. The minimum atomic E-state index is -0.443. The predicted octanol–water partition coefficient (Wildman–Crippen LogP) is 2.83. The smallest absolute Gasteiger partial charge is 0.271 e. The first-order valence-corrected chi connectivity index (χ1v) is 7.20. The van der Waals surface area contributed by atoms with Gasteiger partial charge in [-0.1, -0.05) is 6.07 Å². The quantitative estimate of drug-likeness (QED) is 0.679. The van der Waals surface area contributed by atoms with Gasteiger partial charge in [0.1, 0.15) is 0 Å². The maximum Gasteiger partial charge on any atom is 0.271 e. The SMILES string of the molecule is O=C(Nc1cccc([N+](=O)[O-])c1)C1[C@@H]2[C@H]3CC[C@@H](C3)[C@H]12. The van der Waals surface area contributed by atoms with Crippen molar-refractivity contribution in [2.45, 2.75) is 19.3 Å². The monoisotopic (exact) mass is 272 g/mol. The molecule has 0 aliphatic heterocycles. The topological polar surface area (TPSA) is 72.2 Å². The highest BCUT2D eigenvalue weighted by molar-refractivity contribution is 5.95. The number of hydrogen-bond donors (Lipinski definition) is 1. The second-order valence-electron chi connectivity index (χ2n) is 6.31. The lowest BCUT2D eigenvalue weighted by Crippen LogP contribution is -2.18. The van der Waals surface area contributed by atoms with Crippen molar-refractivity contribution >= 4 is 17.3 Å². The van der Waals surface area contributed by atoms with Crippen molar-refractivity contribution in [1.29, 1.82) is 0 Å². The molecule has 0 saturated heterocycles. The van der Waals surface area contributed by atoms with Gasteiger partial charge in [0.15, 0.2) is 0 Å². The second kappa shape index (κ2) is 4.04. The molecule has 3 aliphatic carbocycles. The lowest BCUT2D eigenvalue weighted by atomic mass is 10.0. The standard InChI is InChI=1S/C15H16N2O3/c18-15(14-12-8-4-5-9(6-8)13(12)14)16-10-2-1-3-11(7-10)17(19)20/h1-3,7-9,12-14H,4-6H2,(H,16,18)/t8-,9-,12-,13+,14?/m0/s1. The summed E-state index contributed by atoms with van der Waals surface area (Å²) in [6.07, 6.45) is 3.88. The van der Waals surface area contributed by atoms with E-state index in [1.807, 2.05) is 0 Å². The van der Waals surface area contributed by atoms with Crippen LogP contribution in [0.2, 0.25) is 0 Å². The Labute approximate surface area is 116 Å². The van der Waals surface area contributed by atoms with Gasteiger partial charge >= 0.3 is 0 Å². The van der Waals surface area contributed by atoms with E-state index in [-0.39, 0.29) is 17.5 Å². The van der Waals surface area contributed by atoms with Crippen LogP contribution < -0.4 is 5.32 Å². The van der Waals surface area contributed by atoms with Crippen LogP contribution >= 0.6 is 0 Å². The van der Waals surface area contributed by atoms with Crippen molar-refractivity contribution < 1.29 is 9.72 Å². The van der Waals surface area contributed by atoms with E-state index in [1.54, 1.807) is 12.1 Å². The molecule has 5 nitrogen and oxygen atoms in total. The summed E-state index contributed by atoms with van der Waals surface area (Å²) >= 11 is 0. The molecule has 1 aromatic rings. The van der Waals surface area contributed by atoms with E-state index in [2.05, 4.69) is 5.32 Å². The third-order valence-electron chi connectivity index (χ3n) is 5.36. The summed E-state index contributed by atoms with van der Waals surface area (Å²) in [6, 6.07) is 6.16. The molecule has 4 rings (SSSR count). The minimum Gasteiger partial charge on any atom is -0.326 e. The van der Waals surface area contributed by atoms with Gasteiger partial charge in [0.25, 0.3) is 5.69 Å². The zero-order valence-electron chi connectivity index (χ0n) is 11.0. The van der Waals surface area contributed by atoms with E-state index in [0.29, 0.717) is 17.5 Å². The summed E-state index contributed by atoms with van der Waals surface area (Å²) in [7, 11) is 0. The van der Waals surface area contributed by atoms with Gasteiger partial charge in [0.05, 0.1) is 4.92 Å². The molecule has 1 N–H and O–H groups in total. The van der Waals surface area contributed by atoms with Crippen LogP contribution in [0.3, 0.4) is 0 Å². The Morgan fingerprint density at radius 1 is 1.25 bits per heavy atom. The summed E-state index contributed by atoms with van der Waals surface area (Å²) in [5, 5.41) is 13.6. The molecular formula is C15H16N2O3. The number of nitrogens with one attached hydrogen (secondary N) is 1. The average Bonchev–Trinajstić information content (AvgIpc) is 2.88. The lowest BCUT2D eigenvalue weighted by molar-refractivity contribution is -0.384. The van der Waals surface area contributed by atoms with Crippen LogP contribution in [0.15, 0.2) is 24.3 Å². The maximum atomic E-state index is 12.3. The number of fused-ring (bicyclic) bond motifs is 5. The first kappa shape index (κ1) is 11.9. The lowest BCUT2D eigenvalue weighted by Gasteiger charge is -2.09. The number of amides is 1. The molecule has 1 unspecified atom stereocenters. The Morgan fingerprint density at radius 2 is 1.95 bits per heavy atom. The fraction of sp³-hybridized carbons (Fsp3) is 0.533. The molecule has 3 saturated carbocycles. The molecule has 5 atom stereocenters. The molecular weight excluding hydrogens is 256 g/mol. The molecule has 0 aromatic heterocycles.